The third-order valence-electron chi connectivity index (χ3n) is 6.29. The third-order valence-corrected chi connectivity index (χ3v) is 8.05. The second-order valence-electron chi connectivity index (χ2n) is 8.83. The van der Waals surface area contributed by atoms with Crippen LogP contribution in [0.3, 0.4) is 0 Å². The van der Waals surface area contributed by atoms with Gasteiger partial charge in [0.15, 0.2) is 17.8 Å². The lowest BCUT2D eigenvalue weighted by molar-refractivity contribution is -0.170. The van der Waals surface area contributed by atoms with Crippen LogP contribution in [0.2, 0.25) is 0 Å². The van der Waals surface area contributed by atoms with Gasteiger partial charge in [-0.1, -0.05) is 6.07 Å². The molecular formula is C25H31NO9S. The Bertz CT molecular complexity index is 1220. The van der Waals surface area contributed by atoms with Crippen LogP contribution >= 0.6 is 0 Å². The van der Waals surface area contributed by atoms with Gasteiger partial charge in [0, 0.05) is 18.6 Å². The molecule has 4 rings (SSSR count). The first-order valence-electron chi connectivity index (χ1n) is 11.7. The Morgan fingerprint density at radius 1 is 1.19 bits per heavy atom. The molecular weight excluding hydrogens is 490 g/mol. The van der Waals surface area contributed by atoms with E-state index in [9.17, 15) is 18.3 Å². The number of ether oxygens (including phenoxy) is 5. The molecule has 2 heterocycles. The normalized spacial score (nSPS) is 18.1. The number of sulfonamides is 1. The smallest absolute Gasteiger partial charge is 0.324 e. The molecule has 2 aliphatic heterocycles. The van der Waals surface area contributed by atoms with E-state index in [1.807, 2.05) is 12.1 Å². The number of methoxy groups -OCH3 is 1. The summed E-state index contributed by atoms with van der Waals surface area (Å²) in [4.78, 5) is 11.9. The third kappa shape index (κ3) is 5.75. The zero-order valence-electron chi connectivity index (χ0n) is 20.5. The molecule has 2 aromatic rings. The summed E-state index contributed by atoms with van der Waals surface area (Å²) in [5.41, 5.74) is 2.45. The van der Waals surface area contributed by atoms with Crippen LogP contribution in [0.1, 0.15) is 41.5 Å². The Morgan fingerprint density at radius 3 is 2.67 bits per heavy atom. The van der Waals surface area contributed by atoms with E-state index in [0.717, 1.165) is 18.4 Å². The van der Waals surface area contributed by atoms with Crippen molar-refractivity contribution in [2.45, 2.75) is 56.8 Å². The summed E-state index contributed by atoms with van der Waals surface area (Å²) in [7, 11) is -2.70. The molecule has 2 atom stereocenters. The van der Waals surface area contributed by atoms with Gasteiger partial charge in [0.25, 0.3) is 0 Å². The Morgan fingerprint density at radius 2 is 1.97 bits per heavy atom. The van der Waals surface area contributed by atoms with Crippen molar-refractivity contribution in [3.8, 4) is 17.2 Å². The minimum absolute atomic E-state index is 0.0132. The lowest BCUT2D eigenvalue weighted by Gasteiger charge is -2.25. The number of hydrogen-bond acceptors (Lipinski definition) is 8. The van der Waals surface area contributed by atoms with E-state index < -0.39 is 28.3 Å². The molecule has 11 heteroatoms. The fraction of sp³-hybridized carbons (Fsp3) is 0.480. The minimum Gasteiger partial charge on any atom is -0.496 e. The highest BCUT2D eigenvalue weighted by Crippen LogP contribution is 2.36. The van der Waals surface area contributed by atoms with Gasteiger partial charge < -0.3 is 28.8 Å². The SMILES string of the molecule is COc1cc(C)c(S(=O)(=O)NC(CO[C@@H]2CCCCO2)C(=O)O)c(C)c1Cc1ccc2c(c1)OCO2. The van der Waals surface area contributed by atoms with Crippen molar-refractivity contribution >= 4 is 16.0 Å². The van der Waals surface area contributed by atoms with Gasteiger partial charge in [-0.05, 0) is 68.0 Å². The quantitative estimate of drug-likeness (QED) is 0.485. The van der Waals surface area contributed by atoms with Crippen LogP contribution in [0.4, 0.5) is 0 Å². The van der Waals surface area contributed by atoms with Crippen LogP contribution in [0, 0.1) is 13.8 Å². The zero-order chi connectivity index (χ0) is 25.9. The first-order chi connectivity index (χ1) is 17.2. The van der Waals surface area contributed by atoms with Gasteiger partial charge in [-0.3, -0.25) is 4.79 Å². The summed E-state index contributed by atoms with van der Waals surface area (Å²) in [6.45, 7) is 3.67. The summed E-state index contributed by atoms with van der Waals surface area (Å²) >= 11 is 0. The van der Waals surface area contributed by atoms with E-state index in [1.54, 1.807) is 26.0 Å². The van der Waals surface area contributed by atoms with Crippen molar-refractivity contribution < 1.29 is 42.0 Å². The fourth-order valence-corrected chi connectivity index (χ4v) is 6.16. The molecule has 0 saturated carbocycles. The van der Waals surface area contributed by atoms with Crippen LogP contribution in [0.5, 0.6) is 17.2 Å². The van der Waals surface area contributed by atoms with E-state index in [4.69, 9.17) is 23.7 Å². The summed E-state index contributed by atoms with van der Waals surface area (Å²) in [6.07, 6.45) is 2.30. The van der Waals surface area contributed by atoms with E-state index >= 15 is 0 Å². The van der Waals surface area contributed by atoms with Crippen molar-refractivity contribution in [2.24, 2.45) is 0 Å². The standard InChI is InChI=1S/C25H31NO9S/c1-15-10-21(31-3)18(11-17-7-8-20-22(12-17)35-14-34-20)16(2)24(15)36(29,30)26-19(25(27)28)13-33-23-6-4-5-9-32-23/h7-8,10,12,19,23,26H,4-6,9,11,13-14H2,1-3H3,(H,27,28)/t19?,23-/m1/s1. The maximum Gasteiger partial charge on any atom is 0.324 e. The van der Waals surface area contributed by atoms with Gasteiger partial charge in [0.05, 0.1) is 18.6 Å². The maximum absolute atomic E-state index is 13.5. The molecule has 1 unspecified atom stereocenters. The van der Waals surface area contributed by atoms with Crippen molar-refractivity contribution in [3.05, 3.63) is 46.5 Å². The van der Waals surface area contributed by atoms with Gasteiger partial charge >= 0.3 is 5.97 Å². The van der Waals surface area contributed by atoms with Crippen molar-refractivity contribution in [3.63, 3.8) is 0 Å². The zero-order valence-corrected chi connectivity index (χ0v) is 21.4. The molecule has 2 aliphatic rings. The Balaban J connectivity index is 1.60. The van der Waals surface area contributed by atoms with Crippen LogP contribution in [0.15, 0.2) is 29.2 Å². The number of carboxylic acids is 1. The van der Waals surface area contributed by atoms with E-state index in [1.165, 1.54) is 7.11 Å². The molecule has 10 nitrogen and oxygen atoms in total. The van der Waals surface area contributed by atoms with Crippen LogP contribution in [0.25, 0.3) is 0 Å². The largest absolute Gasteiger partial charge is 0.496 e. The summed E-state index contributed by atoms with van der Waals surface area (Å²) < 4.78 is 56.6. The number of carbonyl (C=O) groups is 1. The van der Waals surface area contributed by atoms with E-state index in [2.05, 4.69) is 4.72 Å². The first-order valence-corrected chi connectivity index (χ1v) is 13.2. The molecule has 2 aromatic carbocycles. The van der Waals surface area contributed by atoms with E-state index in [0.29, 0.717) is 53.4 Å². The molecule has 196 valence electrons. The molecule has 0 bridgehead atoms. The second kappa shape index (κ2) is 11.0. The van der Waals surface area contributed by atoms with Crippen LogP contribution in [-0.4, -0.2) is 58.9 Å². The Kier molecular flexibility index (Phi) is 8.04. The average Bonchev–Trinajstić information content (AvgIpc) is 3.31. The molecule has 1 saturated heterocycles. The van der Waals surface area contributed by atoms with Crippen LogP contribution < -0.4 is 18.9 Å². The molecule has 2 N–H and O–H groups in total. The fourth-order valence-electron chi connectivity index (χ4n) is 4.49. The van der Waals surface area contributed by atoms with Crippen LogP contribution in [-0.2, 0) is 30.7 Å². The van der Waals surface area contributed by atoms with E-state index in [-0.39, 0.29) is 18.3 Å². The van der Waals surface area contributed by atoms with Gasteiger partial charge in [0.2, 0.25) is 16.8 Å². The lowest BCUT2D eigenvalue weighted by atomic mass is 9.97. The number of hydrogen-bond donors (Lipinski definition) is 2. The lowest BCUT2D eigenvalue weighted by Crippen LogP contribution is -2.45. The highest BCUT2D eigenvalue weighted by Gasteiger charge is 2.31. The van der Waals surface area contributed by atoms with Gasteiger partial charge in [-0.2, -0.15) is 4.72 Å². The van der Waals surface area contributed by atoms with Gasteiger partial charge in [0.1, 0.15) is 11.8 Å². The number of aryl methyl sites for hydroxylation is 1. The predicted octanol–water partition coefficient (Wildman–Crippen LogP) is 2.91. The summed E-state index contributed by atoms with van der Waals surface area (Å²) in [5.74, 6) is 0.476. The highest BCUT2D eigenvalue weighted by atomic mass is 32.2. The Hall–Kier alpha value is -2.86. The maximum atomic E-state index is 13.5. The number of aliphatic carboxylic acids is 1. The molecule has 1 fully saturated rings. The summed E-state index contributed by atoms with van der Waals surface area (Å²) in [5, 5.41) is 9.67. The van der Waals surface area contributed by atoms with Gasteiger partial charge in [-0.25, -0.2) is 8.42 Å². The molecule has 0 amide bonds. The predicted molar refractivity (Wildman–Crippen MR) is 129 cm³/mol. The Labute approximate surface area is 210 Å². The minimum atomic E-state index is -4.22. The monoisotopic (exact) mass is 521 g/mol. The topological polar surface area (TPSA) is 130 Å². The number of carboxylic acid groups (broad SMARTS) is 1. The number of rotatable bonds is 10. The molecule has 36 heavy (non-hydrogen) atoms. The summed E-state index contributed by atoms with van der Waals surface area (Å²) in [6, 6.07) is 5.70. The van der Waals surface area contributed by atoms with Crippen molar-refractivity contribution in [1.29, 1.82) is 0 Å². The van der Waals surface area contributed by atoms with Crippen molar-refractivity contribution in [2.75, 3.05) is 27.1 Å². The average molecular weight is 522 g/mol. The highest BCUT2D eigenvalue weighted by molar-refractivity contribution is 7.89. The number of fused-ring (bicyclic) bond motifs is 1. The molecule has 0 radical (unpaired) electrons. The molecule has 0 spiro atoms. The number of benzene rings is 2. The number of nitrogens with one attached hydrogen (secondary N) is 1. The van der Waals surface area contributed by atoms with Crippen molar-refractivity contribution in [1.82, 2.24) is 4.72 Å². The van der Waals surface area contributed by atoms with Gasteiger partial charge in [-0.15, -0.1) is 0 Å². The molecule has 0 aromatic heterocycles. The molecule has 0 aliphatic carbocycles. The first kappa shape index (κ1) is 26.2. The second-order valence-corrected chi connectivity index (χ2v) is 10.5.